The minimum Gasteiger partial charge on any atom is -0.478 e. The van der Waals surface area contributed by atoms with Crippen molar-refractivity contribution >= 4 is 47.0 Å². The molecule has 7 nitrogen and oxygen atoms in total. The fraction of sp³-hybridized carbons (Fsp3) is 0. The number of nitrogens with zero attached hydrogens (tertiary/aromatic N) is 1. The van der Waals surface area contributed by atoms with E-state index in [4.69, 9.17) is 37.8 Å². The molecule has 0 aliphatic carbocycles. The van der Waals surface area contributed by atoms with Gasteiger partial charge in [0.25, 0.3) is 0 Å². The van der Waals surface area contributed by atoms with E-state index in [9.17, 15) is 9.59 Å². The van der Waals surface area contributed by atoms with Gasteiger partial charge in [-0.1, -0.05) is 23.2 Å². The molecule has 1 aromatic heterocycles. The Morgan fingerprint density at radius 3 is 2.25 bits per heavy atom. The van der Waals surface area contributed by atoms with E-state index in [1.165, 1.54) is 30.5 Å². The van der Waals surface area contributed by atoms with Crippen LogP contribution in [-0.4, -0.2) is 28.4 Å². The number of carboxylic acids is 2. The summed E-state index contributed by atoms with van der Waals surface area (Å²) in [4.78, 5) is 22.3. The summed E-state index contributed by atoms with van der Waals surface area (Å²) in [7, 11) is 0. The van der Waals surface area contributed by atoms with Crippen LogP contribution < -0.4 is 5.43 Å². The van der Waals surface area contributed by atoms with Gasteiger partial charge >= 0.3 is 11.9 Å². The monoisotopic (exact) mass is 418 g/mol. The standard InChI is InChI=1S/C19H12Cl2N2O5/c20-15-4-1-10(7-13(15)18(24)25)17-6-3-12(28-17)9-22-23-11-2-5-16(21)14(8-11)19(26)27/h1-9,23H,(H,24,25)(H,26,27)/b22-9+. The highest BCUT2D eigenvalue weighted by molar-refractivity contribution is 6.34. The van der Waals surface area contributed by atoms with E-state index in [-0.39, 0.29) is 21.2 Å². The number of carbonyl (C=O) groups is 2. The molecule has 3 aromatic rings. The zero-order valence-corrected chi connectivity index (χ0v) is 15.5. The van der Waals surface area contributed by atoms with Crippen LogP contribution in [0, 0.1) is 0 Å². The van der Waals surface area contributed by atoms with E-state index >= 15 is 0 Å². The molecule has 142 valence electrons. The lowest BCUT2D eigenvalue weighted by molar-refractivity contribution is 0.0686. The third-order valence-electron chi connectivity index (χ3n) is 3.69. The number of carboxylic acid groups (broad SMARTS) is 2. The molecule has 28 heavy (non-hydrogen) atoms. The summed E-state index contributed by atoms with van der Waals surface area (Å²) in [6.45, 7) is 0. The van der Waals surface area contributed by atoms with E-state index < -0.39 is 11.9 Å². The van der Waals surface area contributed by atoms with Crippen molar-refractivity contribution in [3.63, 3.8) is 0 Å². The Labute approximate surface area is 168 Å². The molecule has 3 rings (SSSR count). The van der Waals surface area contributed by atoms with Crippen LogP contribution in [0.4, 0.5) is 5.69 Å². The second-order valence-corrected chi connectivity index (χ2v) is 6.39. The van der Waals surface area contributed by atoms with Gasteiger partial charge in [0.15, 0.2) is 0 Å². The van der Waals surface area contributed by atoms with E-state index in [1.807, 2.05) is 0 Å². The van der Waals surface area contributed by atoms with Crippen molar-refractivity contribution in [2.75, 3.05) is 5.43 Å². The number of nitrogens with one attached hydrogen (secondary N) is 1. The summed E-state index contributed by atoms with van der Waals surface area (Å²) >= 11 is 11.7. The molecule has 0 radical (unpaired) electrons. The molecule has 0 bridgehead atoms. The van der Waals surface area contributed by atoms with Gasteiger partial charge < -0.3 is 14.6 Å². The Kier molecular flexibility index (Phi) is 5.67. The molecule has 0 aliphatic heterocycles. The predicted molar refractivity (Wildman–Crippen MR) is 106 cm³/mol. The number of halogens is 2. The Morgan fingerprint density at radius 1 is 0.929 bits per heavy atom. The first-order valence-electron chi connectivity index (χ1n) is 7.80. The van der Waals surface area contributed by atoms with E-state index in [1.54, 1.807) is 24.3 Å². The van der Waals surface area contributed by atoms with Crippen molar-refractivity contribution < 1.29 is 24.2 Å². The van der Waals surface area contributed by atoms with Gasteiger partial charge in [-0.05, 0) is 48.5 Å². The minimum atomic E-state index is -1.14. The number of aromatic carboxylic acids is 2. The third kappa shape index (κ3) is 4.33. The van der Waals surface area contributed by atoms with Crippen LogP contribution >= 0.6 is 23.2 Å². The zero-order chi connectivity index (χ0) is 20.3. The smallest absolute Gasteiger partial charge is 0.337 e. The first kappa shape index (κ1) is 19.5. The Bertz CT molecular complexity index is 1090. The fourth-order valence-electron chi connectivity index (χ4n) is 2.35. The summed E-state index contributed by atoms with van der Waals surface area (Å²) in [6.07, 6.45) is 1.40. The molecular weight excluding hydrogens is 407 g/mol. The molecule has 2 aromatic carbocycles. The van der Waals surface area contributed by atoms with Crippen LogP contribution in [0.2, 0.25) is 10.0 Å². The summed E-state index contributed by atoms with van der Waals surface area (Å²) in [5.41, 5.74) is 3.61. The van der Waals surface area contributed by atoms with E-state index in [0.29, 0.717) is 22.8 Å². The highest BCUT2D eigenvalue weighted by Crippen LogP contribution is 2.27. The van der Waals surface area contributed by atoms with Crippen LogP contribution in [0.3, 0.4) is 0 Å². The van der Waals surface area contributed by atoms with Crippen LogP contribution in [0.15, 0.2) is 58.0 Å². The molecule has 0 spiro atoms. The molecule has 0 aliphatic rings. The van der Waals surface area contributed by atoms with Crippen molar-refractivity contribution in [2.24, 2.45) is 5.10 Å². The molecule has 1 heterocycles. The maximum atomic E-state index is 11.2. The third-order valence-corrected chi connectivity index (χ3v) is 4.35. The summed E-state index contributed by atoms with van der Waals surface area (Å²) in [5, 5.41) is 22.5. The van der Waals surface area contributed by atoms with Gasteiger partial charge in [-0.3, -0.25) is 5.43 Å². The Hall–Kier alpha value is -3.29. The number of hydrogen-bond donors (Lipinski definition) is 3. The molecule has 9 heteroatoms. The van der Waals surface area contributed by atoms with Crippen LogP contribution in [0.5, 0.6) is 0 Å². The molecule has 0 amide bonds. The number of furan rings is 1. The molecule has 0 saturated carbocycles. The maximum absolute atomic E-state index is 11.2. The first-order chi connectivity index (χ1) is 13.3. The Balaban J connectivity index is 1.75. The van der Waals surface area contributed by atoms with Crippen molar-refractivity contribution in [1.82, 2.24) is 0 Å². The van der Waals surface area contributed by atoms with Gasteiger partial charge in [0, 0.05) is 5.56 Å². The topological polar surface area (TPSA) is 112 Å². The predicted octanol–water partition coefficient (Wildman–Crippen LogP) is 5.10. The number of hydrogen-bond acceptors (Lipinski definition) is 5. The second kappa shape index (κ2) is 8.16. The van der Waals surface area contributed by atoms with E-state index in [0.717, 1.165) is 0 Å². The molecule has 0 saturated heterocycles. The lowest BCUT2D eigenvalue weighted by Gasteiger charge is -2.03. The highest BCUT2D eigenvalue weighted by atomic mass is 35.5. The van der Waals surface area contributed by atoms with Crippen molar-refractivity contribution in [1.29, 1.82) is 0 Å². The van der Waals surface area contributed by atoms with Gasteiger partial charge in [0.1, 0.15) is 11.5 Å². The van der Waals surface area contributed by atoms with Crippen LogP contribution in [0.1, 0.15) is 26.5 Å². The Morgan fingerprint density at radius 2 is 1.57 bits per heavy atom. The number of rotatable bonds is 6. The van der Waals surface area contributed by atoms with Crippen LogP contribution in [-0.2, 0) is 0 Å². The lowest BCUT2D eigenvalue weighted by atomic mass is 10.1. The molecular formula is C19H12Cl2N2O5. The van der Waals surface area contributed by atoms with Crippen molar-refractivity contribution in [3.8, 4) is 11.3 Å². The molecule has 3 N–H and O–H groups in total. The minimum absolute atomic E-state index is 0.0237. The summed E-state index contributed by atoms with van der Waals surface area (Å²) in [6, 6.07) is 12.3. The van der Waals surface area contributed by atoms with Gasteiger partial charge in [0.05, 0.1) is 33.1 Å². The quantitative estimate of drug-likeness (QED) is 0.379. The average molecular weight is 419 g/mol. The van der Waals surface area contributed by atoms with Crippen molar-refractivity contribution in [3.05, 3.63) is 75.5 Å². The summed E-state index contributed by atoms with van der Waals surface area (Å²) in [5.74, 6) is -1.42. The second-order valence-electron chi connectivity index (χ2n) is 5.57. The molecule has 0 atom stereocenters. The fourth-order valence-corrected chi connectivity index (χ4v) is 2.75. The van der Waals surface area contributed by atoms with Crippen molar-refractivity contribution in [2.45, 2.75) is 0 Å². The van der Waals surface area contributed by atoms with Gasteiger partial charge in [-0.15, -0.1) is 0 Å². The van der Waals surface area contributed by atoms with Gasteiger partial charge in [0.2, 0.25) is 0 Å². The SMILES string of the molecule is O=C(O)c1cc(N/N=C/c2ccc(-c3ccc(Cl)c(C(=O)O)c3)o2)ccc1Cl. The normalized spacial score (nSPS) is 10.9. The largest absolute Gasteiger partial charge is 0.478 e. The molecule has 0 fully saturated rings. The lowest BCUT2D eigenvalue weighted by Crippen LogP contribution is -1.99. The number of benzene rings is 2. The number of hydrazone groups is 1. The number of anilines is 1. The average Bonchev–Trinajstić information content (AvgIpc) is 3.12. The maximum Gasteiger partial charge on any atom is 0.337 e. The molecule has 0 unspecified atom stereocenters. The first-order valence-corrected chi connectivity index (χ1v) is 8.55. The van der Waals surface area contributed by atoms with E-state index in [2.05, 4.69) is 10.5 Å². The van der Waals surface area contributed by atoms with Crippen LogP contribution in [0.25, 0.3) is 11.3 Å². The van der Waals surface area contributed by atoms with Gasteiger partial charge in [-0.25, -0.2) is 9.59 Å². The summed E-state index contributed by atoms with van der Waals surface area (Å²) < 4.78 is 5.62. The highest BCUT2D eigenvalue weighted by Gasteiger charge is 2.12. The van der Waals surface area contributed by atoms with Gasteiger partial charge in [-0.2, -0.15) is 5.10 Å². The zero-order valence-electron chi connectivity index (χ0n) is 14.0.